The number of nitrogens with two attached hydrogens (primary N) is 1. The van der Waals surface area contributed by atoms with Crippen molar-refractivity contribution < 1.29 is 14.3 Å². The lowest BCUT2D eigenvalue weighted by molar-refractivity contribution is -0.134. The van der Waals surface area contributed by atoms with Crippen LogP contribution in [0, 0.1) is 0 Å². The second kappa shape index (κ2) is 6.89. The van der Waals surface area contributed by atoms with Gasteiger partial charge in [0.2, 0.25) is 0 Å². The van der Waals surface area contributed by atoms with Gasteiger partial charge in [0.1, 0.15) is 0 Å². The Bertz CT molecular complexity index is 402. The largest absolute Gasteiger partial charge is 0.487 e. The lowest BCUT2D eigenvalue weighted by atomic mass is 10.2. The Morgan fingerprint density at radius 1 is 1.39 bits per heavy atom. The van der Waals surface area contributed by atoms with E-state index in [0.29, 0.717) is 23.6 Å². The van der Waals surface area contributed by atoms with Gasteiger partial charge in [-0.3, -0.25) is 4.79 Å². The van der Waals surface area contributed by atoms with Crippen molar-refractivity contribution in [2.24, 2.45) is 0 Å². The molecule has 1 aromatic rings. The van der Waals surface area contributed by atoms with E-state index in [-0.39, 0.29) is 12.1 Å². The molecule has 1 aromatic carbocycles. The summed E-state index contributed by atoms with van der Waals surface area (Å²) in [6.45, 7) is 5.84. The van der Waals surface area contributed by atoms with E-state index >= 15 is 0 Å². The normalized spacial score (nSPS) is 10.4. The van der Waals surface area contributed by atoms with Crippen molar-refractivity contribution in [1.82, 2.24) is 0 Å². The molecule has 1 rings (SSSR count). The van der Waals surface area contributed by atoms with Crippen LogP contribution in [0.5, 0.6) is 11.5 Å². The molecule has 0 amide bonds. The SMILES string of the molecule is CCCCC(=O)Oc1c(N)cccc1OC(C)C. The first-order chi connectivity index (χ1) is 8.54. The minimum absolute atomic E-state index is 0.0000983. The van der Waals surface area contributed by atoms with Gasteiger partial charge in [-0.25, -0.2) is 0 Å². The predicted molar refractivity (Wildman–Crippen MR) is 71.8 cm³/mol. The van der Waals surface area contributed by atoms with Crippen LogP contribution < -0.4 is 15.2 Å². The smallest absolute Gasteiger partial charge is 0.311 e. The number of esters is 1. The molecule has 0 radical (unpaired) electrons. The maximum atomic E-state index is 11.6. The van der Waals surface area contributed by atoms with Crippen molar-refractivity contribution in [2.75, 3.05) is 5.73 Å². The van der Waals surface area contributed by atoms with Crippen LogP contribution in [0.2, 0.25) is 0 Å². The van der Waals surface area contributed by atoms with Crippen molar-refractivity contribution in [3.05, 3.63) is 18.2 Å². The van der Waals surface area contributed by atoms with Gasteiger partial charge in [-0.15, -0.1) is 0 Å². The molecule has 2 N–H and O–H groups in total. The van der Waals surface area contributed by atoms with Crippen molar-refractivity contribution >= 4 is 11.7 Å². The van der Waals surface area contributed by atoms with E-state index < -0.39 is 0 Å². The number of rotatable bonds is 6. The highest BCUT2D eigenvalue weighted by Gasteiger charge is 2.14. The van der Waals surface area contributed by atoms with Crippen molar-refractivity contribution in [3.8, 4) is 11.5 Å². The van der Waals surface area contributed by atoms with Crippen LogP contribution in [-0.4, -0.2) is 12.1 Å². The molecular weight excluding hydrogens is 230 g/mol. The number of carbonyl (C=O) groups excluding carboxylic acids is 1. The van der Waals surface area contributed by atoms with Crippen molar-refractivity contribution in [1.29, 1.82) is 0 Å². The zero-order chi connectivity index (χ0) is 13.5. The van der Waals surface area contributed by atoms with Crippen LogP contribution in [0.4, 0.5) is 5.69 Å². The first-order valence-electron chi connectivity index (χ1n) is 6.30. The molecule has 18 heavy (non-hydrogen) atoms. The molecule has 0 heterocycles. The predicted octanol–water partition coefficient (Wildman–Crippen LogP) is 3.15. The van der Waals surface area contributed by atoms with Crippen LogP contribution in [0.1, 0.15) is 40.0 Å². The van der Waals surface area contributed by atoms with Crippen LogP contribution in [0.25, 0.3) is 0 Å². The maximum Gasteiger partial charge on any atom is 0.311 e. The Morgan fingerprint density at radius 3 is 2.72 bits per heavy atom. The highest BCUT2D eigenvalue weighted by Crippen LogP contribution is 2.34. The number of carbonyl (C=O) groups is 1. The van der Waals surface area contributed by atoms with E-state index in [9.17, 15) is 4.79 Å². The summed E-state index contributed by atoms with van der Waals surface area (Å²) in [5, 5.41) is 0. The summed E-state index contributed by atoms with van der Waals surface area (Å²) in [6.07, 6.45) is 2.16. The molecule has 0 aliphatic carbocycles. The van der Waals surface area contributed by atoms with Gasteiger partial charge < -0.3 is 15.2 Å². The second-order valence-electron chi connectivity index (χ2n) is 4.42. The Kier molecular flexibility index (Phi) is 5.49. The fourth-order valence-electron chi connectivity index (χ4n) is 1.47. The quantitative estimate of drug-likeness (QED) is 0.479. The number of nitrogen functional groups attached to an aromatic ring is 1. The van der Waals surface area contributed by atoms with E-state index in [4.69, 9.17) is 15.2 Å². The number of anilines is 1. The first kappa shape index (κ1) is 14.4. The van der Waals surface area contributed by atoms with E-state index in [0.717, 1.165) is 12.8 Å². The second-order valence-corrected chi connectivity index (χ2v) is 4.42. The summed E-state index contributed by atoms with van der Waals surface area (Å²) in [5.74, 6) is 0.561. The summed E-state index contributed by atoms with van der Waals surface area (Å²) < 4.78 is 10.9. The van der Waals surface area contributed by atoms with Crippen LogP contribution in [0.3, 0.4) is 0 Å². The number of ether oxygens (including phenoxy) is 2. The Labute approximate surface area is 108 Å². The topological polar surface area (TPSA) is 61.5 Å². The van der Waals surface area contributed by atoms with E-state index in [1.807, 2.05) is 20.8 Å². The molecule has 0 aromatic heterocycles. The molecule has 0 aliphatic rings. The van der Waals surface area contributed by atoms with Gasteiger partial charge in [0.15, 0.2) is 11.5 Å². The molecule has 0 spiro atoms. The monoisotopic (exact) mass is 251 g/mol. The lowest BCUT2D eigenvalue weighted by Gasteiger charge is -2.15. The fraction of sp³-hybridized carbons (Fsp3) is 0.500. The minimum Gasteiger partial charge on any atom is -0.487 e. The van der Waals surface area contributed by atoms with Crippen molar-refractivity contribution in [3.63, 3.8) is 0 Å². The van der Waals surface area contributed by atoms with Gasteiger partial charge >= 0.3 is 5.97 Å². The standard InChI is InChI=1S/C14H21NO3/c1-4-5-9-13(16)18-14-11(15)7-6-8-12(14)17-10(2)3/h6-8,10H,4-5,9,15H2,1-3H3. The third kappa shape index (κ3) is 4.28. The van der Waals surface area contributed by atoms with Gasteiger partial charge in [0, 0.05) is 6.42 Å². The summed E-state index contributed by atoms with van der Waals surface area (Å²) in [6, 6.07) is 5.21. The molecule has 0 atom stereocenters. The molecule has 4 nitrogen and oxygen atoms in total. The molecule has 0 unspecified atom stereocenters. The molecule has 0 bridgehead atoms. The first-order valence-corrected chi connectivity index (χ1v) is 6.30. The Morgan fingerprint density at radius 2 is 2.11 bits per heavy atom. The van der Waals surface area contributed by atoms with Gasteiger partial charge in [-0.1, -0.05) is 19.4 Å². The third-order valence-corrected chi connectivity index (χ3v) is 2.32. The van der Waals surface area contributed by atoms with E-state index in [2.05, 4.69) is 0 Å². The zero-order valence-corrected chi connectivity index (χ0v) is 11.2. The number of benzene rings is 1. The number of para-hydroxylation sites is 1. The van der Waals surface area contributed by atoms with Gasteiger partial charge in [-0.2, -0.15) is 0 Å². The number of hydrogen-bond acceptors (Lipinski definition) is 4. The van der Waals surface area contributed by atoms with Crippen molar-refractivity contribution in [2.45, 2.75) is 46.1 Å². The number of unbranched alkanes of at least 4 members (excludes halogenated alkanes) is 1. The molecular formula is C14H21NO3. The highest BCUT2D eigenvalue weighted by molar-refractivity contribution is 5.76. The number of hydrogen-bond donors (Lipinski definition) is 1. The molecule has 0 aliphatic heterocycles. The van der Waals surface area contributed by atoms with E-state index in [1.54, 1.807) is 18.2 Å². The van der Waals surface area contributed by atoms with Gasteiger partial charge in [0.05, 0.1) is 11.8 Å². The summed E-state index contributed by atoms with van der Waals surface area (Å²) in [5.41, 5.74) is 6.23. The van der Waals surface area contributed by atoms with E-state index in [1.165, 1.54) is 0 Å². The average molecular weight is 251 g/mol. The van der Waals surface area contributed by atoms with Gasteiger partial charge in [-0.05, 0) is 32.4 Å². The fourth-order valence-corrected chi connectivity index (χ4v) is 1.47. The zero-order valence-electron chi connectivity index (χ0n) is 11.2. The van der Waals surface area contributed by atoms with Gasteiger partial charge in [0.25, 0.3) is 0 Å². The highest BCUT2D eigenvalue weighted by atomic mass is 16.6. The third-order valence-electron chi connectivity index (χ3n) is 2.32. The lowest BCUT2D eigenvalue weighted by Crippen LogP contribution is -2.12. The summed E-state index contributed by atoms with van der Waals surface area (Å²) >= 11 is 0. The summed E-state index contributed by atoms with van der Waals surface area (Å²) in [4.78, 5) is 11.6. The molecule has 4 heteroatoms. The molecule has 0 fully saturated rings. The maximum absolute atomic E-state index is 11.6. The molecule has 0 saturated heterocycles. The molecule has 0 saturated carbocycles. The molecule has 100 valence electrons. The van der Waals surface area contributed by atoms with Crippen LogP contribution >= 0.6 is 0 Å². The minimum atomic E-state index is -0.275. The average Bonchev–Trinajstić information content (AvgIpc) is 2.30. The van der Waals surface area contributed by atoms with Crippen LogP contribution in [0.15, 0.2) is 18.2 Å². The Balaban J connectivity index is 2.82. The summed E-state index contributed by atoms with van der Waals surface area (Å²) in [7, 11) is 0. The van der Waals surface area contributed by atoms with Crippen LogP contribution in [-0.2, 0) is 4.79 Å². The Hall–Kier alpha value is -1.71.